The summed E-state index contributed by atoms with van der Waals surface area (Å²) in [6, 6.07) is 5.53. The Morgan fingerprint density at radius 1 is 0.721 bits per heavy atom. The largest absolute Gasteiger partial charge is 0.478 e. The third kappa shape index (κ3) is 6.79. The lowest BCUT2D eigenvalue weighted by Crippen LogP contribution is -2.27. The van der Waals surface area contributed by atoms with E-state index in [0.717, 1.165) is 24.3 Å². The van der Waals surface area contributed by atoms with Gasteiger partial charge in [-0.15, -0.1) is 0 Å². The van der Waals surface area contributed by atoms with Crippen molar-refractivity contribution >= 4 is 35.0 Å². The molecule has 0 saturated carbocycles. The highest BCUT2D eigenvalue weighted by atomic mass is 19.4. The summed E-state index contributed by atoms with van der Waals surface area (Å²) >= 11 is 0. The molecule has 0 spiro atoms. The third-order valence-electron chi connectivity index (χ3n) is 6.83. The highest BCUT2D eigenvalue weighted by Crippen LogP contribution is 2.44. The Bertz CT molecular complexity index is 1640. The van der Waals surface area contributed by atoms with Crippen molar-refractivity contribution in [1.29, 1.82) is 0 Å². The van der Waals surface area contributed by atoms with Crippen LogP contribution in [-0.2, 0) is 12.4 Å². The second-order valence-electron chi connectivity index (χ2n) is 10.1. The lowest BCUT2D eigenvalue weighted by molar-refractivity contribution is -0.139. The van der Waals surface area contributed by atoms with Crippen molar-refractivity contribution in [2.75, 3.05) is 11.1 Å². The van der Waals surface area contributed by atoms with Crippen LogP contribution >= 0.6 is 0 Å². The molecule has 3 rings (SSSR count). The molecule has 3 aromatic carbocycles. The predicted octanol–water partition coefficient (Wildman–Crippen LogP) is 7.24. The monoisotopic (exact) mass is 610 g/mol. The zero-order valence-electron chi connectivity index (χ0n) is 22.7. The summed E-state index contributed by atoms with van der Waals surface area (Å²) in [5.41, 5.74) is -4.09. The number of nitrogen functional groups attached to an aromatic ring is 1. The molecular weight excluding hydrogens is 586 g/mol. The molecule has 0 aliphatic carbocycles. The Hall–Kier alpha value is -4.88. The fraction of sp³-hybridized carbons (Fsp3) is 0.241. The van der Waals surface area contributed by atoms with Crippen LogP contribution in [0.3, 0.4) is 0 Å². The SMILES string of the molecule is CCC(C)(C)C(=O)c1cc(C(=O)Nc2ccc(-c3ccc(N)cc3C(F)(F)F)c(C(F)(F)F)c2)c(C(=O)O)cc1C(=O)O. The van der Waals surface area contributed by atoms with E-state index in [9.17, 15) is 55.7 Å². The molecule has 14 heteroatoms. The van der Waals surface area contributed by atoms with Crippen molar-refractivity contribution in [3.05, 3.63) is 81.9 Å². The number of rotatable bonds is 8. The summed E-state index contributed by atoms with van der Waals surface area (Å²) in [6.07, 6.45) is -10.0. The molecule has 0 aliphatic rings. The number of halogens is 6. The summed E-state index contributed by atoms with van der Waals surface area (Å²) in [4.78, 5) is 50.1. The van der Waals surface area contributed by atoms with E-state index in [2.05, 4.69) is 5.32 Å². The highest BCUT2D eigenvalue weighted by Gasteiger charge is 2.39. The van der Waals surface area contributed by atoms with Crippen molar-refractivity contribution < 1.29 is 55.7 Å². The van der Waals surface area contributed by atoms with Crippen molar-refractivity contribution in [2.24, 2.45) is 5.41 Å². The number of ketones is 1. The third-order valence-corrected chi connectivity index (χ3v) is 6.83. The molecule has 8 nitrogen and oxygen atoms in total. The number of aromatic carboxylic acids is 2. The molecule has 0 radical (unpaired) electrons. The van der Waals surface area contributed by atoms with Gasteiger partial charge >= 0.3 is 24.3 Å². The van der Waals surface area contributed by atoms with Gasteiger partial charge in [0.15, 0.2) is 5.78 Å². The molecule has 3 aromatic rings. The Balaban J connectivity index is 2.18. The summed E-state index contributed by atoms with van der Waals surface area (Å²) in [5.74, 6) is -5.47. The number of carbonyl (C=O) groups excluding carboxylic acids is 2. The molecule has 1 amide bonds. The summed E-state index contributed by atoms with van der Waals surface area (Å²) < 4.78 is 83.1. The quantitative estimate of drug-likeness (QED) is 0.119. The van der Waals surface area contributed by atoms with E-state index in [1.165, 1.54) is 13.8 Å². The van der Waals surface area contributed by atoms with E-state index in [4.69, 9.17) is 5.73 Å². The van der Waals surface area contributed by atoms with Gasteiger partial charge in [0.05, 0.1) is 27.8 Å². The number of benzene rings is 3. The first-order valence-corrected chi connectivity index (χ1v) is 12.4. The number of hydrogen-bond donors (Lipinski definition) is 4. The molecule has 0 fully saturated rings. The highest BCUT2D eigenvalue weighted by molar-refractivity contribution is 6.16. The standard InChI is InChI=1S/C29H24F6N2O6/c1-4-27(2,3)23(38)17-11-18(20(26(42)43)12-19(17)25(40)41)24(39)37-14-6-8-16(22(10-14)29(33,34)35)15-7-5-13(36)9-21(15)28(30,31)32/h5-12H,4,36H2,1-3H3,(H,37,39)(H,40,41)(H,42,43). The number of Topliss-reactive ketones (excluding diaryl/α,β-unsaturated/α-hetero) is 1. The van der Waals surface area contributed by atoms with Crippen LogP contribution in [0.5, 0.6) is 0 Å². The molecule has 0 aromatic heterocycles. The molecule has 0 unspecified atom stereocenters. The number of amides is 1. The van der Waals surface area contributed by atoms with Crippen molar-refractivity contribution in [3.63, 3.8) is 0 Å². The first-order chi connectivity index (χ1) is 19.7. The van der Waals surface area contributed by atoms with Crippen LogP contribution in [0.25, 0.3) is 11.1 Å². The van der Waals surface area contributed by atoms with Crippen LogP contribution in [0.15, 0.2) is 48.5 Å². The number of alkyl halides is 6. The van der Waals surface area contributed by atoms with Crippen LogP contribution in [0.2, 0.25) is 0 Å². The number of nitrogens with one attached hydrogen (secondary N) is 1. The average Bonchev–Trinajstić information content (AvgIpc) is 2.90. The topological polar surface area (TPSA) is 147 Å². The van der Waals surface area contributed by atoms with Crippen LogP contribution in [0.1, 0.15) is 79.8 Å². The van der Waals surface area contributed by atoms with Gasteiger partial charge in [-0.3, -0.25) is 9.59 Å². The zero-order chi connectivity index (χ0) is 32.7. The molecular formula is C29H24F6N2O6. The van der Waals surface area contributed by atoms with Gasteiger partial charge < -0.3 is 21.3 Å². The molecule has 0 atom stereocenters. The molecule has 0 heterocycles. The second kappa shape index (κ2) is 11.4. The van der Waals surface area contributed by atoms with Crippen molar-refractivity contribution in [3.8, 4) is 11.1 Å². The van der Waals surface area contributed by atoms with E-state index in [0.29, 0.717) is 24.3 Å². The molecule has 43 heavy (non-hydrogen) atoms. The first kappa shape index (κ1) is 32.6. The first-order valence-electron chi connectivity index (χ1n) is 12.4. The van der Waals surface area contributed by atoms with E-state index in [1.54, 1.807) is 6.92 Å². The second-order valence-corrected chi connectivity index (χ2v) is 10.1. The van der Waals surface area contributed by atoms with Gasteiger partial charge in [0, 0.05) is 22.4 Å². The summed E-state index contributed by atoms with van der Waals surface area (Å²) in [5, 5.41) is 21.3. The van der Waals surface area contributed by atoms with E-state index < -0.39 is 91.6 Å². The lowest BCUT2D eigenvalue weighted by Gasteiger charge is -2.23. The maximum Gasteiger partial charge on any atom is 0.417 e. The molecule has 5 N–H and O–H groups in total. The van der Waals surface area contributed by atoms with Crippen molar-refractivity contribution in [2.45, 2.75) is 39.5 Å². The Labute approximate surface area is 240 Å². The van der Waals surface area contributed by atoms with E-state index in [-0.39, 0.29) is 12.1 Å². The van der Waals surface area contributed by atoms with Gasteiger partial charge in [0.25, 0.3) is 5.91 Å². The van der Waals surface area contributed by atoms with Crippen LogP contribution in [-0.4, -0.2) is 33.8 Å². The molecule has 0 aliphatic heterocycles. The Morgan fingerprint density at radius 3 is 1.67 bits per heavy atom. The predicted molar refractivity (Wildman–Crippen MR) is 143 cm³/mol. The van der Waals surface area contributed by atoms with Crippen molar-refractivity contribution in [1.82, 2.24) is 0 Å². The van der Waals surface area contributed by atoms with Gasteiger partial charge in [-0.05, 0) is 53.9 Å². The number of hydrogen-bond acceptors (Lipinski definition) is 5. The minimum atomic E-state index is -5.21. The van der Waals surface area contributed by atoms with Gasteiger partial charge in [-0.2, -0.15) is 26.3 Å². The minimum absolute atomic E-state index is 0.240. The van der Waals surface area contributed by atoms with Gasteiger partial charge in [-0.25, -0.2) is 9.59 Å². The van der Waals surface area contributed by atoms with Crippen LogP contribution in [0, 0.1) is 5.41 Å². The molecule has 228 valence electrons. The van der Waals surface area contributed by atoms with Gasteiger partial charge in [-0.1, -0.05) is 32.9 Å². The fourth-order valence-corrected chi connectivity index (χ4v) is 4.18. The number of carboxylic acids is 2. The maximum absolute atomic E-state index is 14.1. The molecule has 0 bridgehead atoms. The van der Waals surface area contributed by atoms with Crippen LogP contribution in [0.4, 0.5) is 37.7 Å². The van der Waals surface area contributed by atoms with Gasteiger partial charge in [0.2, 0.25) is 0 Å². The summed E-state index contributed by atoms with van der Waals surface area (Å²) in [6.45, 7) is 4.64. The minimum Gasteiger partial charge on any atom is -0.478 e. The van der Waals surface area contributed by atoms with E-state index in [1.807, 2.05) is 0 Å². The van der Waals surface area contributed by atoms with Gasteiger partial charge in [0.1, 0.15) is 0 Å². The maximum atomic E-state index is 14.1. The fourth-order valence-electron chi connectivity index (χ4n) is 4.18. The Kier molecular flexibility index (Phi) is 8.67. The zero-order valence-corrected chi connectivity index (χ0v) is 22.7. The normalized spacial score (nSPS) is 12.1. The number of nitrogens with two attached hydrogens (primary N) is 1. The number of carbonyl (C=O) groups is 4. The van der Waals surface area contributed by atoms with Crippen LogP contribution < -0.4 is 11.1 Å². The summed E-state index contributed by atoms with van der Waals surface area (Å²) in [7, 11) is 0. The lowest BCUT2D eigenvalue weighted by atomic mass is 9.79. The molecule has 0 saturated heterocycles. The average molecular weight is 611 g/mol. The Morgan fingerprint density at radius 2 is 1.19 bits per heavy atom. The number of anilines is 2. The smallest absolute Gasteiger partial charge is 0.417 e. The number of carboxylic acid groups (broad SMARTS) is 2. The van der Waals surface area contributed by atoms with E-state index >= 15 is 0 Å².